The molecule has 0 spiro atoms. The van der Waals surface area contributed by atoms with Gasteiger partial charge in [-0.15, -0.1) is 0 Å². The molecule has 0 fully saturated rings. The summed E-state index contributed by atoms with van der Waals surface area (Å²) in [6, 6.07) is 44.3. The Morgan fingerprint density at radius 3 is 1.86 bits per heavy atom. The standard InChI is InChI=1S/C37H23N5/c1-3-9-24(10-4-1)29-23-30(40-36(39-29)26-11-5-2-6-12-26)25-17-19-27(20-18-25)42-32-15-7-13-28-34(32)35-31(14-8-16-33(35)42)41-22-21-38-37(28)41/h1-23H. The molecule has 0 N–H and O–H groups in total. The zero-order valence-corrected chi connectivity index (χ0v) is 22.5. The van der Waals surface area contributed by atoms with Crippen LogP contribution < -0.4 is 0 Å². The van der Waals surface area contributed by atoms with Gasteiger partial charge in [0.1, 0.15) is 5.65 Å². The molecule has 0 aliphatic carbocycles. The number of rotatable bonds is 4. The largest absolute Gasteiger partial charge is 0.309 e. The van der Waals surface area contributed by atoms with E-state index < -0.39 is 0 Å². The predicted molar refractivity (Wildman–Crippen MR) is 170 cm³/mol. The molecule has 5 heteroatoms. The van der Waals surface area contributed by atoms with Gasteiger partial charge in [0.25, 0.3) is 0 Å². The maximum Gasteiger partial charge on any atom is 0.160 e. The molecule has 42 heavy (non-hydrogen) atoms. The molecular formula is C37H23N5. The van der Waals surface area contributed by atoms with E-state index in [4.69, 9.17) is 15.0 Å². The van der Waals surface area contributed by atoms with Gasteiger partial charge in [0, 0.05) is 50.9 Å². The minimum atomic E-state index is 0.717. The van der Waals surface area contributed by atoms with Crippen molar-refractivity contribution in [3.8, 4) is 39.6 Å². The fourth-order valence-corrected chi connectivity index (χ4v) is 6.30. The van der Waals surface area contributed by atoms with Crippen molar-refractivity contribution in [3.63, 3.8) is 0 Å². The third kappa shape index (κ3) is 3.34. The first-order valence-electron chi connectivity index (χ1n) is 14.0. The van der Waals surface area contributed by atoms with Crippen LogP contribution in [0.4, 0.5) is 0 Å². The minimum absolute atomic E-state index is 0.717. The van der Waals surface area contributed by atoms with Gasteiger partial charge < -0.3 is 4.57 Å². The van der Waals surface area contributed by atoms with Crippen molar-refractivity contribution in [1.29, 1.82) is 0 Å². The van der Waals surface area contributed by atoms with Crippen LogP contribution in [0.15, 0.2) is 140 Å². The van der Waals surface area contributed by atoms with E-state index in [9.17, 15) is 0 Å². The second-order valence-electron chi connectivity index (χ2n) is 10.6. The van der Waals surface area contributed by atoms with Crippen LogP contribution in [-0.4, -0.2) is 23.9 Å². The number of imidazole rings is 1. The van der Waals surface area contributed by atoms with Crippen LogP contribution in [0, 0.1) is 0 Å². The quantitative estimate of drug-likeness (QED) is 0.211. The van der Waals surface area contributed by atoms with Crippen molar-refractivity contribution < 1.29 is 0 Å². The monoisotopic (exact) mass is 537 g/mol. The van der Waals surface area contributed by atoms with E-state index in [0.717, 1.165) is 45.2 Å². The second kappa shape index (κ2) is 8.85. The van der Waals surface area contributed by atoms with Crippen molar-refractivity contribution in [3.05, 3.63) is 140 Å². The predicted octanol–water partition coefficient (Wildman–Crippen LogP) is 8.81. The van der Waals surface area contributed by atoms with E-state index in [1.54, 1.807) is 0 Å². The lowest BCUT2D eigenvalue weighted by Gasteiger charge is -2.11. The Bertz CT molecular complexity index is 2240. The molecule has 9 rings (SSSR count). The summed E-state index contributed by atoms with van der Waals surface area (Å²) in [6.45, 7) is 0. The Balaban J connectivity index is 1.22. The zero-order valence-electron chi connectivity index (χ0n) is 22.5. The van der Waals surface area contributed by atoms with Crippen LogP contribution in [0.3, 0.4) is 0 Å². The van der Waals surface area contributed by atoms with Gasteiger partial charge >= 0.3 is 0 Å². The highest BCUT2D eigenvalue weighted by atomic mass is 15.0. The molecule has 0 saturated carbocycles. The maximum absolute atomic E-state index is 5.01. The van der Waals surface area contributed by atoms with Gasteiger partial charge in [0.05, 0.1) is 27.9 Å². The maximum atomic E-state index is 5.01. The van der Waals surface area contributed by atoms with Crippen LogP contribution >= 0.6 is 0 Å². The molecule has 5 nitrogen and oxygen atoms in total. The summed E-state index contributed by atoms with van der Waals surface area (Å²) < 4.78 is 4.56. The van der Waals surface area contributed by atoms with Gasteiger partial charge in [-0.1, -0.05) is 91.0 Å². The number of benzene rings is 5. The van der Waals surface area contributed by atoms with Crippen LogP contribution in [0.5, 0.6) is 0 Å². The fraction of sp³-hybridized carbons (Fsp3) is 0. The molecule has 0 unspecified atom stereocenters. The molecule has 5 aromatic carbocycles. The number of fused-ring (bicyclic) bond motifs is 3. The molecule has 0 aliphatic heterocycles. The van der Waals surface area contributed by atoms with Crippen molar-refractivity contribution in [2.75, 3.05) is 0 Å². The average Bonchev–Trinajstić information content (AvgIpc) is 3.70. The fourth-order valence-electron chi connectivity index (χ4n) is 6.30. The number of pyridine rings is 1. The van der Waals surface area contributed by atoms with Gasteiger partial charge in [-0.2, -0.15) is 0 Å². The molecule has 0 aliphatic rings. The number of hydrogen-bond donors (Lipinski definition) is 0. The van der Waals surface area contributed by atoms with Gasteiger partial charge in [-0.05, 0) is 36.4 Å². The molecule has 4 aromatic heterocycles. The molecule has 0 radical (unpaired) electrons. The van der Waals surface area contributed by atoms with Crippen molar-refractivity contribution >= 4 is 38.4 Å². The zero-order chi connectivity index (χ0) is 27.6. The van der Waals surface area contributed by atoms with Crippen LogP contribution in [-0.2, 0) is 0 Å². The Morgan fingerprint density at radius 2 is 1.12 bits per heavy atom. The first-order chi connectivity index (χ1) is 20.8. The van der Waals surface area contributed by atoms with Crippen LogP contribution in [0.1, 0.15) is 0 Å². The number of hydrogen-bond acceptors (Lipinski definition) is 3. The third-order valence-corrected chi connectivity index (χ3v) is 8.18. The normalized spacial score (nSPS) is 11.8. The highest BCUT2D eigenvalue weighted by Crippen LogP contribution is 2.40. The molecule has 0 saturated heterocycles. The first kappa shape index (κ1) is 22.9. The Hall–Kier alpha value is -5.81. The Morgan fingerprint density at radius 1 is 0.500 bits per heavy atom. The van der Waals surface area contributed by atoms with Gasteiger partial charge in [-0.25, -0.2) is 15.0 Å². The number of nitrogens with zero attached hydrogens (tertiary/aromatic N) is 5. The summed E-state index contributed by atoms with van der Waals surface area (Å²) in [5, 5.41) is 3.68. The molecule has 0 atom stereocenters. The Kier molecular flexibility index (Phi) is 4.83. The molecule has 0 amide bonds. The minimum Gasteiger partial charge on any atom is -0.309 e. The highest BCUT2D eigenvalue weighted by Gasteiger charge is 2.20. The summed E-state index contributed by atoms with van der Waals surface area (Å²) >= 11 is 0. The van der Waals surface area contributed by atoms with Crippen LogP contribution in [0.25, 0.3) is 77.9 Å². The first-order valence-corrected chi connectivity index (χ1v) is 14.0. The third-order valence-electron chi connectivity index (χ3n) is 8.18. The average molecular weight is 538 g/mol. The van der Waals surface area contributed by atoms with Crippen molar-refractivity contribution in [1.82, 2.24) is 23.9 Å². The van der Waals surface area contributed by atoms with E-state index in [1.807, 2.05) is 48.8 Å². The smallest absolute Gasteiger partial charge is 0.160 e. The second-order valence-corrected chi connectivity index (χ2v) is 10.6. The summed E-state index contributed by atoms with van der Waals surface area (Å²) in [5.41, 5.74) is 10.5. The molecular weight excluding hydrogens is 514 g/mol. The van der Waals surface area contributed by atoms with E-state index in [0.29, 0.717) is 0 Å². The summed E-state index contributed by atoms with van der Waals surface area (Å²) in [7, 11) is 0. The topological polar surface area (TPSA) is 48.0 Å². The van der Waals surface area contributed by atoms with E-state index in [2.05, 4.69) is 100.0 Å². The van der Waals surface area contributed by atoms with Crippen molar-refractivity contribution in [2.24, 2.45) is 0 Å². The summed E-state index contributed by atoms with van der Waals surface area (Å²) in [4.78, 5) is 14.6. The molecule has 196 valence electrons. The lowest BCUT2D eigenvalue weighted by atomic mass is 10.1. The van der Waals surface area contributed by atoms with Gasteiger partial charge in [0.2, 0.25) is 0 Å². The summed E-state index contributed by atoms with van der Waals surface area (Å²) in [6.07, 6.45) is 3.93. The lowest BCUT2D eigenvalue weighted by Crippen LogP contribution is -1.97. The molecule has 9 aromatic rings. The van der Waals surface area contributed by atoms with E-state index >= 15 is 0 Å². The van der Waals surface area contributed by atoms with Crippen molar-refractivity contribution in [2.45, 2.75) is 0 Å². The van der Waals surface area contributed by atoms with Gasteiger partial charge in [-0.3, -0.25) is 4.40 Å². The van der Waals surface area contributed by atoms with E-state index in [1.165, 1.54) is 32.7 Å². The van der Waals surface area contributed by atoms with E-state index in [-0.39, 0.29) is 0 Å². The lowest BCUT2D eigenvalue weighted by molar-refractivity contribution is 1.17. The van der Waals surface area contributed by atoms with Gasteiger partial charge in [0.15, 0.2) is 5.82 Å². The summed E-state index contributed by atoms with van der Waals surface area (Å²) in [5.74, 6) is 0.717. The molecule has 0 bridgehead atoms. The number of aromatic nitrogens is 5. The Labute approximate surface area is 241 Å². The highest BCUT2D eigenvalue weighted by molar-refractivity contribution is 6.26. The SMILES string of the molecule is c1ccc(-c2cc(-c3ccc(-n4c5cccc6c5c5c4cccc5n4ccnc64)cc3)nc(-c3ccccc3)n2)cc1. The molecule has 4 heterocycles. The van der Waals surface area contributed by atoms with Crippen LogP contribution in [0.2, 0.25) is 0 Å².